The summed E-state index contributed by atoms with van der Waals surface area (Å²) in [5.74, 6) is 1.34. The van der Waals surface area contributed by atoms with E-state index in [4.69, 9.17) is 9.47 Å². The summed E-state index contributed by atoms with van der Waals surface area (Å²) in [4.78, 5) is 11.7. The van der Waals surface area contributed by atoms with Crippen molar-refractivity contribution in [2.24, 2.45) is 0 Å². The van der Waals surface area contributed by atoms with E-state index in [1.807, 2.05) is 48.5 Å². The number of carbonyl (C=O) groups is 1. The van der Waals surface area contributed by atoms with Crippen molar-refractivity contribution in [2.75, 3.05) is 13.7 Å². The molecule has 2 rings (SSSR count). The summed E-state index contributed by atoms with van der Waals surface area (Å²) in [6, 6.07) is 15.1. The molecule has 4 nitrogen and oxygen atoms in total. The maximum absolute atomic E-state index is 11.7. The van der Waals surface area contributed by atoms with E-state index in [1.54, 1.807) is 7.11 Å². The fraction of sp³-hybridized carbons (Fsp3) is 0.188. The summed E-state index contributed by atoms with van der Waals surface area (Å²) in [5.41, 5.74) is 1.01. The van der Waals surface area contributed by atoms with Crippen molar-refractivity contribution in [3.05, 3.63) is 57.7 Å². The predicted octanol–water partition coefficient (Wildman–Crippen LogP) is 3.00. The highest BCUT2D eigenvalue weighted by atomic mass is 127. The van der Waals surface area contributed by atoms with Crippen LogP contribution in [-0.2, 0) is 11.3 Å². The molecule has 0 unspecified atom stereocenters. The Kier molecular flexibility index (Phi) is 5.86. The zero-order chi connectivity index (χ0) is 15.1. The highest BCUT2D eigenvalue weighted by molar-refractivity contribution is 14.1. The van der Waals surface area contributed by atoms with Crippen LogP contribution >= 0.6 is 22.6 Å². The molecule has 2 aromatic rings. The standard InChI is InChI=1S/C16H16INO3/c1-20-14-6-2-12(3-7-14)10-18-16(19)11-21-15-8-4-13(17)5-9-15/h2-9H,10-11H2,1H3,(H,18,19). The summed E-state index contributed by atoms with van der Waals surface area (Å²) in [7, 11) is 1.62. The average molecular weight is 397 g/mol. The second-order valence-electron chi connectivity index (χ2n) is 4.37. The predicted molar refractivity (Wildman–Crippen MR) is 89.5 cm³/mol. The Balaban J connectivity index is 1.75. The van der Waals surface area contributed by atoms with E-state index >= 15 is 0 Å². The molecule has 0 atom stereocenters. The Morgan fingerprint density at radius 3 is 2.29 bits per heavy atom. The van der Waals surface area contributed by atoms with Gasteiger partial charge in [-0.1, -0.05) is 12.1 Å². The van der Waals surface area contributed by atoms with Crippen molar-refractivity contribution in [3.8, 4) is 11.5 Å². The van der Waals surface area contributed by atoms with Crippen LogP contribution < -0.4 is 14.8 Å². The fourth-order valence-electron chi connectivity index (χ4n) is 1.67. The molecule has 0 fully saturated rings. The molecule has 0 radical (unpaired) electrons. The molecule has 0 aromatic heterocycles. The SMILES string of the molecule is COc1ccc(CNC(=O)COc2ccc(I)cc2)cc1. The number of amides is 1. The molecule has 2 aromatic carbocycles. The largest absolute Gasteiger partial charge is 0.497 e. The zero-order valence-electron chi connectivity index (χ0n) is 11.6. The van der Waals surface area contributed by atoms with Crippen molar-refractivity contribution in [1.29, 1.82) is 0 Å². The van der Waals surface area contributed by atoms with E-state index in [1.165, 1.54) is 0 Å². The van der Waals surface area contributed by atoms with Gasteiger partial charge in [0.1, 0.15) is 11.5 Å². The van der Waals surface area contributed by atoms with Gasteiger partial charge >= 0.3 is 0 Å². The molecule has 0 aliphatic carbocycles. The molecular formula is C16H16INO3. The number of nitrogens with one attached hydrogen (secondary N) is 1. The maximum Gasteiger partial charge on any atom is 0.258 e. The molecular weight excluding hydrogens is 381 g/mol. The van der Waals surface area contributed by atoms with E-state index < -0.39 is 0 Å². The minimum atomic E-state index is -0.149. The van der Waals surface area contributed by atoms with Crippen LogP contribution in [-0.4, -0.2) is 19.6 Å². The number of halogens is 1. The van der Waals surface area contributed by atoms with E-state index in [0.717, 1.165) is 14.9 Å². The molecule has 0 spiro atoms. The summed E-state index contributed by atoms with van der Waals surface area (Å²) < 4.78 is 11.6. The van der Waals surface area contributed by atoms with Crippen LogP contribution in [0, 0.1) is 3.57 Å². The van der Waals surface area contributed by atoms with Crippen LogP contribution in [0.25, 0.3) is 0 Å². The summed E-state index contributed by atoms with van der Waals surface area (Å²) in [6.45, 7) is 0.482. The van der Waals surface area contributed by atoms with Gasteiger partial charge in [0.05, 0.1) is 7.11 Å². The third-order valence-electron chi connectivity index (χ3n) is 2.83. The number of rotatable bonds is 6. The highest BCUT2D eigenvalue weighted by Crippen LogP contribution is 2.13. The average Bonchev–Trinajstić information content (AvgIpc) is 2.53. The molecule has 21 heavy (non-hydrogen) atoms. The van der Waals surface area contributed by atoms with Crippen molar-refractivity contribution in [3.63, 3.8) is 0 Å². The first-order chi connectivity index (χ1) is 10.2. The zero-order valence-corrected chi connectivity index (χ0v) is 13.8. The van der Waals surface area contributed by atoms with E-state index in [0.29, 0.717) is 12.3 Å². The summed E-state index contributed by atoms with van der Waals surface area (Å²) in [6.07, 6.45) is 0. The maximum atomic E-state index is 11.7. The van der Waals surface area contributed by atoms with Crippen LogP contribution in [0.1, 0.15) is 5.56 Å². The molecule has 1 amide bonds. The molecule has 0 aliphatic heterocycles. The summed E-state index contributed by atoms with van der Waals surface area (Å²) in [5, 5.41) is 2.81. The molecule has 5 heteroatoms. The Labute approximate surface area is 137 Å². The Morgan fingerprint density at radius 1 is 1.05 bits per heavy atom. The number of methoxy groups -OCH3 is 1. The van der Waals surface area contributed by atoms with Crippen molar-refractivity contribution in [1.82, 2.24) is 5.32 Å². The van der Waals surface area contributed by atoms with E-state index in [-0.39, 0.29) is 12.5 Å². The van der Waals surface area contributed by atoms with Gasteiger partial charge in [0.15, 0.2) is 6.61 Å². The van der Waals surface area contributed by atoms with Crippen LogP contribution in [0.2, 0.25) is 0 Å². The van der Waals surface area contributed by atoms with Gasteiger partial charge < -0.3 is 14.8 Å². The van der Waals surface area contributed by atoms with Gasteiger partial charge in [0, 0.05) is 10.1 Å². The highest BCUT2D eigenvalue weighted by Gasteiger charge is 2.03. The molecule has 1 N–H and O–H groups in total. The van der Waals surface area contributed by atoms with Gasteiger partial charge in [-0.05, 0) is 64.6 Å². The van der Waals surface area contributed by atoms with E-state index in [2.05, 4.69) is 27.9 Å². The minimum absolute atomic E-state index is 0.0107. The van der Waals surface area contributed by atoms with Crippen LogP contribution in [0.15, 0.2) is 48.5 Å². The minimum Gasteiger partial charge on any atom is -0.497 e. The third kappa shape index (κ3) is 5.26. The molecule has 0 saturated carbocycles. The van der Waals surface area contributed by atoms with Crippen molar-refractivity contribution < 1.29 is 14.3 Å². The lowest BCUT2D eigenvalue weighted by Crippen LogP contribution is -2.28. The first-order valence-corrected chi connectivity index (χ1v) is 7.53. The molecule has 110 valence electrons. The number of carbonyl (C=O) groups excluding carboxylic acids is 1. The Bertz CT molecular complexity index is 581. The second kappa shape index (κ2) is 7.87. The monoisotopic (exact) mass is 397 g/mol. The van der Waals surface area contributed by atoms with Gasteiger partial charge in [-0.15, -0.1) is 0 Å². The van der Waals surface area contributed by atoms with Crippen LogP contribution in [0.3, 0.4) is 0 Å². The summed E-state index contributed by atoms with van der Waals surface area (Å²) >= 11 is 2.22. The second-order valence-corrected chi connectivity index (χ2v) is 5.61. The Morgan fingerprint density at radius 2 is 1.67 bits per heavy atom. The third-order valence-corrected chi connectivity index (χ3v) is 3.55. The lowest BCUT2D eigenvalue weighted by atomic mass is 10.2. The first kappa shape index (κ1) is 15.6. The number of hydrogen-bond donors (Lipinski definition) is 1. The normalized spacial score (nSPS) is 10.0. The van der Waals surface area contributed by atoms with Gasteiger partial charge in [-0.25, -0.2) is 0 Å². The van der Waals surface area contributed by atoms with E-state index in [9.17, 15) is 4.79 Å². The lowest BCUT2D eigenvalue weighted by molar-refractivity contribution is -0.123. The smallest absolute Gasteiger partial charge is 0.258 e. The van der Waals surface area contributed by atoms with Gasteiger partial charge in [0.2, 0.25) is 0 Å². The first-order valence-electron chi connectivity index (χ1n) is 6.45. The fourth-order valence-corrected chi connectivity index (χ4v) is 2.03. The van der Waals surface area contributed by atoms with Crippen LogP contribution in [0.4, 0.5) is 0 Å². The van der Waals surface area contributed by atoms with Crippen LogP contribution in [0.5, 0.6) is 11.5 Å². The number of hydrogen-bond acceptors (Lipinski definition) is 3. The molecule has 0 heterocycles. The Hall–Kier alpha value is -1.76. The van der Waals surface area contributed by atoms with Crippen molar-refractivity contribution in [2.45, 2.75) is 6.54 Å². The lowest BCUT2D eigenvalue weighted by Gasteiger charge is -2.08. The number of benzene rings is 2. The quantitative estimate of drug-likeness (QED) is 0.763. The molecule has 0 saturated heterocycles. The molecule has 0 bridgehead atoms. The topological polar surface area (TPSA) is 47.6 Å². The molecule has 0 aliphatic rings. The number of ether oxygens (including phenoxy) is 2. The van der Waals surface area contributed by atoms with Gasteiger partial charge in [-0.3, -0.25) is 4.79 Å². The van der Waals surface area contributed by atoms with Crippen molar-refractivity contribution >= 4 is 28.5 Å². The van der Waals surface area contributed by atoms with Gasteiger partial charge in [0.25, 0.3) is 5.91 Å². The van der Waals surface area contributed by atoms with Gasteiger partial charge in [-0.2, -0.15) is 0 Å².